The molecule has 0 bridgehead atoms. The topological polar surface area (TPSA) is 114 Å². The van der Waals surface area contributed by atoms with Crippen LogP contribution in [0.15, 0.2) is 58.8 Å². The number of nitrogens with zero attached hydrogens (tertiary/aromatic N) is 1. The van der Waals surface area contributed by atoms with Gasteiger partial charge in [0.25, 0.3) is 0 Å². The van der Waals surface area contributed by atoms with E-state index in [0.29, 0.717) is 34.4 Å². The molecular formula is C23H25N3O5S2. The van der Waals surface area contributed by atoms with Crippen molar-refractivity contribution in [3.05, 3.63) is 65.2 Å². The summed E-state index contributed by atoms with van der Waals surface area (Å²) in [5, 5.41) is 8.26. The minimum atomic E-state index is -3.25. The van der Waals surface area contributed by atoms with Crippen LogP contribution >= 0.6 is 11.3 Å². The van der Waals surface area contributed by atoms with Crippen LogP contribution in [0.1, 0.15) is 35.8 Å². The Bertz CT molecular complexity index is 1200. The third-order valence-corrected chi connectivity index (χ3v) is 6.50. The molecule has 174 valence electrons. The van der Waals surface area contributed by atoms with Crippen molar-refractivity contribution in [3.63, 3.8) is 0 Å². The number of hydrogen-bond acceptors (Lipinski definition) is 8. The largest absolute Gasteiger partial charge is 0.462 e. The highest BCUT2D eigenvalue weighted by atomic mass is 32.2. The van der Waals surface area contributed by atoms with Gasteiger partial charge in [-0.05, 0) is 55.0 Å². The molecular weight excluding hydrogens is 462 g/mol. The van der Waals surface area contributed by atoms with E-state index in [0.717, 1.165) is 19.1 Å². The maximum Gasteiger partial charge on any atom is 0.338 e. The number of thiazole rings is 1. The van der Waals surface area contributed by atoms with E-state index in [4.69, 9.17) is 4.74 Å². The summed E-state index contributed by atoms with van der Waals surface area (Å²) in [5.41, 5.74) is 2.30. The molecule has 0 atom stereocenters. The summed E-state index contributed by atoms with van der Waals surface area (Å²) in [7, 11) is -3.25. The van der Waals surface area contributed by atoms with Crippen molar-refractivity contribution in [2.45, 2.75) is 31.1 Å². The van der Waals surface area contributed by atoms with E-state index in [-0.39, 0.29) is 23.2 Å². The third-order valence-electron chi connectivity index (χ3n) is 4.56. The zero-order valence-corrected chi connectivity index (χ0v) is 20.0. The van der Waals surface area contributed by atoms with E-state index in [1.54, 1.807) is 41.8 Å². The van der Waals surface area contributed by atoms with Crippen LogP contribution in [0.3, 0.4) is 0 Å². The zero-order chi connectivity index (χ0) is 23.8. The highest BCUT2D eigenvalue weighted by molar-refractivity contribution is 7.90. The van der Waals surface area contributed by atoms with Gasteiger partial charge in [-0.1, -0.05) is 13.3 Å². The van der Waals surface area contributed by atoms with Gasteiger partial charge in [0.1, 0.15) is 0 Å². The molecule has 0 saturated carbocycles. The van der Waals surface area contributed by atoms with Gasteiger partial charge in [0.15, 0.2) is 15.0 Å². The molecule has 0 aliphatic carbocycles. The molecule has 0 radical (unpaired) electrons. The van der Waals surface area contributed by atoms with E-state index in [2.05, 4.69) is 15.6 Å². The minimum absolute atomic E-state index is 0.0893. The summed E-state index contributed by atoms with van der Waals surface area (Å²) >= 11 is 1.34. The second-order valence-corrected chi connectivity index (χ2v) is 10.2. The Hall–Kier alpha value is -3.24. The van der Waals surface area contributed by atoms with Gasteiger partial charge in [-0.15, -0.1) is 11.3 Å². The molecule has 3 aromatic rings. The molecule has 0 unspecified atom stereocenters. The monoisotopic (exact) mass is 487 g/mol. The first-order valence-electron chi connectivity index (χ1n) is 10.3. The number of unbranched alkanes of at least 4 members (excludes halogenated alkanes) is 1. The first-order chi connectivity index (χ1) is 15.7. The number of ether oxygens (including phenoxy) is 1. The van der Waals surface area contributed by atoms with Crippen LogP contribution in [0, 0.1) is 0 Å². The zero-order valence-electron chi connectivity index (χ0n) is 18.3. The molecule has 1 heterocycles. The second-order valence-electron chi connectivity index (χ2n) is 7.36. The molecule has 1 amide bonds. The molecule has 8 nitrogen and oxygen atoms in total. The predicted octanol–water partition coefficient (Wildman–Crippen LogP) is 4.43. The summed E-state index contributed by atoms with van der Waals surface area (Å²) < 4.78 is 28.3. The van der Waals surface area contributed by atoms with E-state index in [1.807, 2.05) is 6.92 Å². The lowest BCUT2D eigenvalue weighted by molar-refractivity contribution is -0.115. The van der Waals surface area contributed by atoms with Gasteiger partial charge in [0.2, 0.25) is 5.91 Å². The number of benzene rings is 2. The Kier molecular flexibility index (Phi) is 8.18. The number of carbonyl (C=O) groups excluding carboxylic acids is 2. The maximum atomic E-state index is 12.4. The van der Waals surface area contributed by atoms with Crippen molar-refractivity contribution in [2.24, 2.45) is 0 Å². The predicted molar refractivity (Wildman–Crippen MR) is 129 cm³/mol. The van der Waals surface area contributed by atoms with Crippen LogP contribution in [-0.2, 0) is 25.8 Å². The molecule has 2 N–H and O–H groups in total. The first-order valence-corrected chi connectivity index (χ1v) is 13.1. The number of aromatic nitrogens is 1. The molecule has 3 rings (SSSR count). The Balaban J connectivity index is 1.51. The number of nitrogens with one attached hydrogen (secondary N) is 2. The fourth-order valence-corrected chi connectivity index (χ4v) is 4.17. The lowest BCUT2D eigenvalue weighted by atomic mass is 10.2. The lowest BCUT2D eigenvalue weighted by Crippen LogP contribution is -2.15. The van der Waals surface area contributed by atoms with Gasteiger partial charge < -0.3 is 15.4 Å². The summed E-state index contributed by atoms with van der Waals surface area (Å²) in [5.74, 6) is -0.614. The number of carbonyl (C=O) groups is 2. The molecule has 33 heavy (non-hydrogen) atoms. The van der Waals surface area contributed by atoms with E-state index in [1.165, 1.54) is 23.5 Å². The fourth-order valence-electron chi connectivity index (χ4n) is 2.81. The highest BCUT2D eigenvalue weighted by Gasteiger charge is 2.11. The molecule has 0 aliphatic rings. The van der Waals surface area contributed by atoms with Crippen LogP contribution in [0.5, 0.6) is 0 Å². The van der Waals surface area contributed by atoms with Gasteiger partial charge >= 0.3 is 5.97 Å². The molecule has 0 spiro atoms. The van der Waals surface area contributed by atoms with Gasteiger partial charge in [-0.3, -0.25) is 4.79 Å². The van der Waals surface area contributed by atoms with E-state index < -0.39 is 9.84 Å². The quantitative estimate of drug-likeness (QED) is 0.321. The molecule has 0 aliphatic heterocycles. The number of amides is 1. The standard InChI is InChI=1S/C23H25N3O5S2/c1-3-4-13-31-22(28)16-5-7-17(8-6-16)24-21(27)14-19-15-32-23(26-19)25-18-9-11-20(12-10-18)33(2,29)30/h5-12,15H,3-4,13-14H2,1-2H3,(H,24,27)(H,25,26). The SMILES string of the molecule is CCCCOC(=O)c1ccc(NC(=O)Cc2csc(Nc3ccc(S(C)(=O)=O)cc3)n2)cc1. The summed E-state index contributed by atoms with van der Waals surface area (Å²) in [6.07, 6.45) is 3.02. The highest BCUT2D eigenvalue weighted by Crippen LogP contribution is 2.23. The van der Waals surface area contributed by atoms with Crippen molar-refractivity contribution in [1.29, 1.82) is 0 Å². The second kappa shape index (κ2) is 11.1. The van der Waals surface area contributed by atoms with Gasteiger partial charge in [0, 0.05) is 23.0 Å². The van der Waals surface area contributed by atoms with E-state index >= 15 is 0 Å². The minimum Gasteiger partial charge on any atom is -0.462 e. The molecule has 1 aromatic heterocycles. The van der Waals surface area contributed by atoms with Crippen molar-refractivity contribution in [1.82, 2.24) is 4.98 Å². The Morgan fingerprint density at radius 2 is 1.70 bits per heavy atom. The van der Waals surface area contributed by atoms with Crippen molar-refractivity contribution in [2.75, 3.05) is 23.5 Å². The molecule has 0 fully saturated rings. The van der Waals surface area contributed by atoms with Gasteiger partial charge in [-0.25, -0.2) is 18.2 Å². The summed E-state index contributed by atoms with van der Waals surface area (Å²) in [4.78, 5) is 28.9. The number of sulfone groups is 1. The average Bonchev–Trinajstić information content (AvgIpc) is 3.20. The number of rotatable bonds is 10. The maximum absolute atomic E-state index is 12.4. The van der Waals surface area contributed by atoms with Crippen molar-refractivity contribution >= 4 is 49.6 Å². The van der Waals surface area contributed by atoms with Crippen LogP contribution in [0.25, 0.3) is 0 Å². The lowest BCUT2D eigenvalue weighted by Gasteiger charge is -2.07. The molecule has 10 heteroatoms. The van der Waals surface area contributed by atoms with Crippen LogP contribution < -0.4 is 10.6 Å². The third kappa shape index (κ3) is 7.40. The van der Waals surface area contributed by atoms with Crippen LogP contribution in [0.2, 0.25) is 0 Å². The summed E-state index contributed by atoms with van der Waals surface area (Å²) in [6.45, 7) is 2.42. The number of anilines is 3. The van der Waals surface area contributed by atoms with Crippen molar-refractivity contribution in [3.8, 4) is 0 Å². The van der Waals surface area contributed by atoms with Gasteiger partial charge in [-0.2, -0.15) is 0 Å². The number of esters is 1. The number of hydrogen-bond donors (Lipinski definition) is 2. The Labute approximate surface area is 196 Å². The Morgan fingerprint density at radius 1 is 1.03 bits per heavy atom. The average molecular weight is 488 g/mol. The summed E-state index contributed by atoms with van der Waals surface area (Å²) in [6, 6.07) is 12.9. The van der Waals surface area contributed by atoms with Crippen LogP contribution in [0.4, 0.5) is 16.5 Å². The molecule has 0 saturated heterocycles. The van der Waals surface area contributed by atoms with Gasteiger partial charge in [0.05, 0.1) is 29.2 Å². The fraction of sp³-hybridized carbons (Fsp3) is 0.261. The van der Waals surface area contributed by atoms with E-state index in [9.17, 15) is 18.0 Å². The first kappa shape index (κ1) is 24.4. The van der Waals surface area contributed by atoms with Crippen LogP contribution in [-0.4, -0.2) is 38.1 Å². The van der Waals surface area contributed by atoms with Crippen molar-refractivity contribution < 1.29 is 22.7 Å². The normalized spacial score (nSPS) is 11.1. The smallest absolute Gasteiger partial charge is 0.338 e. The molecule has 2 aromatic carbocycles. The Morgan fingerprint density at radius 3 is 2.33 bits per heavy atom.